The van der Waals surface area contributed by atoms with E-state index < -0.39 is 0 Å². The molecule has 0 aromatic carbocycles. The summed E-state index contributed by atoms with van der Waals surface area (Å²) in [6.45, 7) is 4.37. The van der Waals surface area contributed by atoms with E-state index in [1.165, 1.54) is 64.2 Å². The normalized spacial score (nSPS) is 11.1. The van der Waals surface area contributed by atoms with Crippen LogP contribution >= 0.6 is 0 Å². The van der Waals surface area contributed by atoms with Gasteiger partial charge in [-0.15, -0.1) is 5.92 Å². The topological polar surface area (TPSA) is 0 Å². The van der Waals surface area contributed by atoms with Crippen LogP contribution in [0.5, 0.6) is 0 Å². The van der Waals surface area contributed by atoms with Crippen LogP contribution in [0.4, 0.5) is 0 Å². The third kappa shape index (κ3) is 19.0. The van der Waals surface area contributed by atoms with Crippen LogP contribution < -0.4 is 0 Å². The molecule has 0 fully saturated rings. The monoisotopic (exact) mass is 288 g/mol. The number of rotatable bonds is 13. The van der Waals surface area contributed by atoms with Gasteiger partial charge in [0, 0.05) is 12.8 Å². The largest absolute Gasteiger partial charge is 0.103 e. The van der Waals surface area contributed by atoms with E-state index in [1.54, 1.807) is 0 Å². The van der Waals surface area contributed by atoms with Crippen LogP contribution in [-0.2, 0) is 0 Å². The Kier molecular flexibility index (Phi) is 18.2. The second-order valence-electron chi connectivity index (χ2n) is 5.71. The Morgan fingerprint density at radius 3 is 1.90 bits per heavy atom. The molecular weight excluding hydrogens is 252 g/mol. The van der Waals surface area contributed by atoms with E-state index in [-0.39, 0.29) is 0 Å². The highest BCUT2D eigenvalue weighted by atomic mass is 14.0. The smallest absolute Gasteiger partial charge is 0.0269 e. The van der Waals surface area contributed by atoms with Crippen molar-refractivity contribution in [3.63, 3.8) is 0 Å². The van der Waals surface area contributed by atoms with Crippen LogP contribution in [0.15, 0.2) is 24.3 Å². The summed E-state index contributed by atoms with van der Waals surface area (Å²) in [6.07, 6.45) is 25.9. The van der Waals surface area contributed by atoms with Crippen molar-refractivity contribution in [3.05, 3.63) is 24.3 Å². The highest BCUT2D eigenvalue weighted by Crippen LogP contribution is 2.10. The second-order valence-corrected chi connectivity index (χ2v) is 5.71. The summed E-state index contributed by atoms with van der Waals surface area (Å²) in [5, 5.41) is 0. The lowest BCUT2D eigenvalue weighted by Gasteiger charge is -2.00. The van der Waals surface area contributed by atoms with E-state index in [1.807, 2.05) is 0 Å². The van der Waals surface area contributed by atoms with Crippen LogP contribution in [0, 0.1) is 11.8 Å². The standard InChI is InChI=1S/C21H36/c1-3-5-7-9-11-13-15-17-19-21-20-18-16-14-12-10-8-6-4-2/h12,14,18,20H,3-5,7,9-11,13,15-17,19,21H2,1-2H3/b14-12-,20-18-. The molecule has 0 rings (SSSR count). The summed E-state index contributed by atoms with van der Waals surface area (Å²) in [5.74, 6) is 6.20. The van der Waals surface area contributed by atoms with E-state index in [0.29, 0.717) is 0 Å². The summed E-state index contributed by atoms with van der Waals surface area (Å²) in [5.41, 5.74) is 0. The maximum atomic E-state index is 3.12. The average molecular weight is 289 g/mol. The van der Waals surface area contributed by atoms with Crippen molar-refractivity contribution in [3.8, 4) is 11.8 Å². The molecule has 0 aliphatic rings. The summed E-state index contributed by atoms with van der Waals surface area (Å²) in [4.78, 5) is 0. The van der Waals surface area contributed by atoms with Gasteiger partial charge in [0.1, 0.15) is 0 Å². The summed E-state index contributed by atoms with van der Waals surface area (Å²) >= 11 is 0. The number of allylic oxidation sites excluding steroid dienone is 4. The van der Waals surface area contributed by atoms with Gasteiger partial charge in [-0.3, -0.25) is 0 Å². The predicted molar refractivity (Wildman–Crippen MR) is 97.4 cm³/mol. The maximum absolute atomic E-state index is 3.12. The minimum Gasteiger partial charge on any atom is -0.103 e. The van der Waals surface area contributed by atoms with Gasteiger partial charge < -0.3 is 0 Å². The Morgan fingerprint density at radius 2 is 1.24 bits per heavy atom. The molecule has 0 atom stereocenters. The van der Waals surface area contributed by atoms with Gasteiger partial charge in [-0.2, -0.15) is 0 Å². The molecule has 0 heterocycles. The van der Waals surface area contributed by atoms with Gasteiger partial charge >= 0.3 is 0 Å². The molecule has 0 N–H and O–H groups in total. The first-order valence-electron chi connectivity index (χ1n) is 9.17. The molecule has 0 nitrogen and oxygen atoms in total. The quantitative estimate of drug-likeness (QED) is 0.191. The number of unbranched alkanes of at least 4 members (excludes halogenated alkanes) is 9. The number of hydrogen-bond donors (Lipinski definition) is 0. The fourth-order valence-electron chi connectivity index (χ4n) is 2.30. The molecule has 0 aromatic heterocycles. The van der Waals surface area contributed by atoms with E-state index in [0.717, 1.165) is 19.3 Å². The van der Waals surface area contributed by atoms with E-state index in [2.05, 4.69) is 50.0 Å². The van der Waals surface area contributed by atoms with Crippen molar-refractivity contribution in [1.29, 1.82) is 0 Å². The highest BCUT2D eigenvalue weighted by molar-refractivity contribution is 5.05. The lowest BCUT2D eigenvalue weighted by Crippen LogP contribution is -1.80. The Labute approximate surface area is 134 Å². The van der Waals surface area contributed by atoms with Crippen LogP contribution in [-0.4, -0.2) is 0 Å². The third-order valence-electron chi connectivity index (χ3n) is 3.60. The van der Waals surface area contributed by atoms with Gasteiger partial charge in [-0.05, 0) is 19.3 Å². The van der Waals surface area contributed by atoms with E-state index >= 15 is 0 Å². The molecule has 21 heavy (non-hydrogen) atoms. The zero-order chi connectivity index (χ0) is 15.4. The van der Waals surface area contributed by atoms with Crippen LogP contribution in [0.2, 0.25) is 0 Å². The first-order chi connectivity index (χ1) is 10.4. The van der Waals surface area contributed by atoms with Crippen LogP contribution in [0.3, 0.4) is 0 Å². The van der Waals surface area contributed by atoms with Crippen LogP contribution in [0.1, 0.15) is 97.3 Å². The molecule has 0 aromatic rings. The molecule has 0 aliphatic heterocycles. The first-order valence-corrected chi connectivity index (χ1v) is 9.17. The third-order valence-corrected chi connectivity index (χ3v) is 3.60. The average Bonchev–Trinajstić information content (AvgIpc) is 2.50. The lowest BCUT2D eigenvalue weighted by molar-refractivity contribution is 0.566. The Balaban J connectivity index is 3.18. The minimum atomic E-state index is 0.903. The van der Waals surface area contributed by atoms with Crippen molar-refractivity contribution in [2.75, 3.05) is 0 Å². The van der Waals surface area contributed by atoms with Crippen molar-refractivity contribution >= 4 is 0 Å². The zero-order valence-corrected chi connectivity index (χ0v) is 14.5. The van der Waals surface area contributed by atoms with Crippen molar-refractivity contribution in [2.45, 2.75) is 97.3 Å². The molecule has 0 aliphatic carbocycles. The molecule has 0 saturated heterocycles. The van der Waals surface area contributed by atoms with Gasteiger partial charge in [0.25, 0.3) is 0 Å². The fraction of sp³-hybridized carbons (Fsp3) is 0.714. The van der Waals surface area contributed by atoms with Gasteiger partial charge in [0.2, 0.25) is 0 Å². The van der Waals surface area contributed by atoms with Crippen molar-refractivity contribution in [2.24, 2.45) is 0 Å². The molecule has 0 bridgehead atoms. The highest BCUT2D eigenvalue weighted by Gasteiger charge is 1.90. The maximum Gasteiger partial charge on any atom is 0.0269 e. The zero-order valence-electron chi connectivity index (χ0n) is 14.5. The van der Waals surface area contributed by atoms with Gasteiger partial charge in [0.15, 0.2) is 0 Å². The fourth-order valence-corrected chi connectivity index (χ4v) is 2.30. The summed E-state index contributed by atoms with van der Waals surface area (Å²) in [7, 11) is 0. The molecule has 0 unspecified atom stereocenters. The minimum absolute atomic E-state index is 0.903. The Bertz CT molecular complexity index is 298. The molecule has 0 amide bonds. The van der Waals surface area contributed by atoms with Crippen LogP contribution in [0.25, 0.3) is 0 Å². The van der Waals surface area contributed by atoms with Crippen molar-refractivity contribution in [1.82, 2.24) is 0 Å². The molecule has 0 radical (unpaired) electrons. The lowest BCUT2D eigenvalue weighted by atomic mass is 10.1. The molecule has 0 saturated carbocycles. The first kappa shape index (κ1) is 20.0. The summed E-state index contributed by atoms with van der Waals surface area (Å²) in [6, 6.07) is 0. The van der Waals surface area contributed by atoms with Crippen molar-refractivity contribution < 1.29 is 0 Å². The Hall–Kier alpha value is -0.960. The molecule has 120 valence electrons. The number of hydrogen-bond acceptors (Lipinski definition) is 0. The molecule has 0 heteroatoms. The second kappa shape index (κ2) is 19.0. The Morgan fingerprint density at radius 1 is 0.619 bits per heavy atom. The van der Waals surface area contributed by atoms with Gasteiger partial charge in [0.05, 0.1) is 0 Å². The molecular formula is C21H36. The van der Waals surface area contributed by atoms with Gasteiger partial charge in [-0.25, -0.2) is 0 Å². The van der Waals surface area contributed by atoms with E-state index in [4.69, 9.17) is 0 Å². The SMILES string of the molecule is CCC#CC/C=C\C/C=C\CCCCCCCCCCC. The molecule has 0 spiro atoms. The summed E-state index contributed by atoms with van der Waals surface area (Å²) < 4.78 is 0. The van der Waals surface area contributed by atoms with E-state index in [9.17, 15) is 0 Å². The predicted octanol–water partition coefficient (Wildman–Crippen LogP) is 7.21. The van der Waals surface area contributed by atoms with Gasteiger partial charge in [-0.1, -0.05) is 95.4 Å².